The molecule has 3 rings (SSSR count). The maximum atomic E-state index is 12.6. The van der Waals surface area contributed by atoms with Crippen molar-refractivity contribution in [3.63, 3.8) is 0 Å². The fraction of sp³-hybridized carbons (Fsp3) is 0.714. The van der Waals surface area contributed by atoms with E-state index in [1.807, 2.05) is 6.92 Å². The first-order valence-corrected chi connectivity index (χ1v) is 9.94. The molecule has 0 aromatic heterocycles. The van der Waals surface area contributed by atoms with Gasteiger partial charge in [-0.25, -0.2) is 4.79 Å². The lowest BCUT2D eigenvalue weighted by Crippen LogP contribution is -2.43. The van der Waals surface area contributed by atoms with Crippen molar-refractivity contribution in [1.29, 1.82) is 0 Å². The molecule has 3 fully saturated rings. The van der Waals surface area contributed by atoms with Crippen LogP contribution in [0.3, 0.4) is 0 Å². The topological polar surface area (TPSA) is 109 Å². The molecule has 0 aromatic carbocycles. The molecule has 8 nitrogen and oxygen atoms in total. The minimum absolute atomic E-state index is 0.0528. The van der Waals surface area contributed by atoms with E-state index in [4.69, 9.17) is 18.9 Å². The van der Waals surface area contributed by atoms with Gasteiger partial charge in [-0.15, -0.1) is 0 Å². The quantitative estimate of drug-likeness (QED) is 0.300. The van der Waals surface area contributed by atoms with Gasteiger partial charge in [0.25, 0.3) is 0 Å². The molecule has 0 spiro atoms. The van der Waals surface area contributed by atoms with Gasteiger partial charge in [-0.3, -0.25) is 14.4 Å². The number of Topliss-reactive ketones (excluding diaryl/α,β-unsaturated/α-hetero) is 1. The maximum absolute atomic E-state index is 12.6. The smallest absolute Gasteiger partial charge is 0.333 e. The van der Waals surface area contributed by atoms with Gasteiger partial charge in [0.15, 0.2) is 0 Å². The summed E-state index contributed by atoms with van der Waals surface area (Å²) in [5.74, 6) is -3.36. The van der Waals surface area contributed by atoms with E-state index in [1.54, 1.807) is 6.92 Å². The van der Waals surface area contributed by atoms with Crippen LogP contribution in [0.2, 0.25) is 0 Å². The highest BCUT2D eigenvalue weighted by molar-refractivity contribution is 5.87. The van der Waals surface area contributed by atoms with Gasteiger partial charge >= 0.3 is 17.9 Å². The van der Waals surface area contributed by atoms with Crippen LogP contribution in [0.25, 0.3) is 0 Å². The summed E-state index contributed by atoms with van der Waals surface area (Å²) in [4.78, 5) is 48.8. The lowest BCUT2D eigenvalue weighted by molar-refractivity contribution is -0.154. The predicted octanol–water partition coefficient (Wildman–Crippen LogP) is 1.74. The predicted molar refractivity (Wildman–Crippen MR) is 99.5 cm³/mol. The molecule has 3 aliphatic rings. The molecule has 0 bridgehead atoms. The molecule has 1 saturated carbocycles. The van der Waals surface area contributed by atoms with Gasteiger partial charge in [-0.2, -0.15) is 0 Å². The maximum Gasteiger partial charge on any atom is 0.333 e. The zero-order chi connectivity index (χ0) is 21.5. The molecule has 1 aliphatic carbocycles. The van der Waals surface area contributed by atoms with Crippen molar-refractivity contribution in [1.82, 2.24) is 0 Å². The zero-order valence-corrected chi connectivity index (χ0v) is 17.3. The number of carbonyl (C=O) groups excluding carboxylic acids is 4. The van der Waals surface area contributed by atoms with Crippen LogP contribution in [0.15, 0.2) is 12.2 Å². The van der Waals surface area contributed by atoms with Crippen molar-refractivity contribution in [3.8, 4) is 0 Å². The Balaban J connectivity index is 1.96. The monoisotopic (exact) mass is 408 g/mol. The number of epoxide rings is 1. The Kier molecular flexibility index (Phi) is 5.85. The van der Waals surface area contributed by atoms with Crippen LogP contribution in [-0.2, 0) is 38.1 Å². The van der Waals surface area contributed by atoms with E-state index < -0.39 is 53.7 Å². The number of hydrogen-bond acceptors (Lipinski definition) is 8. The van der Waals surface area contributed by atoms with Gasteiger partial charge in [0.1, 0.15) is 36.6 Å². The lowest BCUT2D eigenvalue weighted by atomic mass is 9.77. The zero-order valence-electron chi connectivity index (χ0n) is 17.3. The molecule has 0 N–H and O–H groups in total. The Morgan fingerprint density at radius 3 is 2.59 bits per heavy atom. The number of esters is 3. The Hall–Kier alpha value is -2.22. The summed E-state index contributed by atoms with van der Waals surface area (Å²) in [6.45, 7) is 9.89. The summed E-state index contributed by atoms with van der Waals surface area (Å²) in [5.41, 5.74) is -0.360. The molecule has 0 aromatic rings. The molecule has 160 valence electrons. The van der Waals surface area contributed by atoms with Crippen LogP contribution < -0.4 is 0 Å². The van der Waals surface area contributed by atoms with Crippen LogP contribution in [0, 0.1) is 17.8 Å². The number of fused-ring (bicyclic) bond motifs is 3. The van der Waals surface area contributed by atoms with E-state index in [2.05, 4.69) is 6.58 Å². The third-order valence-corrected chi connectivity index (χ3v) is 6.14. The molecule has 2 heterocycles. The van der Waals surface area contributed by atoms with Gasteiger partial charge in [0, 0.05) is 24.8 Å². The summed E-state index contributed by atoms with van der Waals surface area (Å²) in [5, 5.41) is 0. The first-order valence-electron chi connectivity index (χ1n) is 9.94. The molecule has 7 atom stereocenters. The standard InChI is InChI=1S/C21H28O8/c1-10(2)19(24)27-15-8-11(3)14(23)6-7-21(5)18(29-21)17-16(15)13(20(25)28-17)9-26-12(4)22/h11,13,15-18H,1,6-9H2,2-5H3/t11-,13?,15?,16+,17-,18+,21+/m0/s1. The molecule has 2 aliphatic heterocycles. The van der Waals surface area contributed by atoms with E-state index in [-0.39, 0.29) is 30.3 Å². The highest BCUT2D eigenvalue weighted by Gasteiger charge is 2.65. The second-order valence-electron chi connectivity index (χ2n) is 8.57. The fourth-order valence-corrected chi connectivity index (χ4v) is 4.30. The Labute approximate surface area is 169 Å². The molecule has 2 unspecified atom stereocenters. The Morgan fingerprint density at radius 2 is 1.97 bits per heavy atom. The molecule has 0 amide bonds. The summed E-state index contributed by atoms with van der Waals surface area (Å²) in [6.07, 6.45) is -0.691. The molecule has 29 heavy (non-hydrogen) atoms. The van der Waals surface area contributed by atoms with Crippen molar-refractivity contribution in [2.45, 2.75) is 70.9 Å². The van der Waals surface area contributed by atoms with Gasteiger partial charge in [0.05, 0.1) is 11.5 Å². The fourth-order valence-electron chi connectivity index (χ4n) is 4.30. The largest absolute Gasteiger partial charge is 0.465 e. The average molecular weight is 408 g/mol. The summed E-state index contributed by atoms with van der Waals surface area (Å²) in [7, 11) is 0. The summed E-state index contributed by atoms with van der Waals surface area (Å²) < 4.78 is 22.3. The van der Waals surface area contributed by atoms with Crippen LogP contribution in [0.4, 0.5) is 0 Å². The van der Waals surface area contributed by atoms with E-state index in [0.717, 1.165) is 0 Å². The SMILES string of the molecule is C=C(C)C(=O)OC1C[C@H](C)C(=O)CC[C@@]2(C)O[C@@H]2[C@H]2OC(=O)C(COC(C)=O)[C@H]12. The number of rotatable bonds is 4. The van der Waals surface area contributed by atoms with Gasteiger partial charge < -0.3 is 18.9 Å². The number of ether oxygens (including phenoxy) is 4. The minimum atomic E-state index is -0.804. The van der Waals surface area contributed by atoms with Crippen molar-refractivity contribution in [2.24, 2.45) is 17.8 Å². The number of hydrogen-bond donors (Lipinski definition) is 0. The van der Waals surface area contributed by atoms with Crippen molar-refractivity contribution >= 4 is 23.7 Å². The van der Waals surface area contributed by atoms with Crippen molar-refractivity contribution < 1.29 is 38.1 Å². The summed E-state index contributed by atoms with van der Waals surface area (Å²) >= 11 is 0. The van der Waals surface area contributed by atoms with Crippen LogP contribution in [0.1, 0.15) is 47.0 Å². The Morgan fingerprint density at radius 1 is 1.28 bits per heavy atom. The van der Waals surface area contributed by atoms with Gasteiger partial charge in [-0.05, 0) is 26.7 Å². The van der Waals surface area contributed by atoms with Gasteiger partial charge in [0.2, 0.25) is 0 Å². The van der Waals surface area contributed by atoms with E-state index >= 15 is 0 Å². The number of ketones is 1. The Bertz CT molecular complexity index is 743. The lowest BCUT2D eigenvalue weighted by Gasteiger charge is -2.31. The molecular weight excluding hydrogens is 380 g/mol. The first-order chi connectivity index (χ1) is 13.5. The number of carbonyl (C=O) groups is 4. The van der Waals surface area contributed by atoms with Crippen LogP contribution >= 0.6 is 0 Å². The molecule has 0 radical (unpaired) electrons. The first kappa shape index (κ1) is 21.5. The van der Waals surface area contributed by atoms with Crippen molar-refractivity contribution in [3.05, 3.63) is 12.2 Å². The van der Waals surface area contributed by atoms with Crippen LogP contribution in [0.5, 0.6) is 0 Å². The molecular formula is C21H28O8. The average Bonchev–Trinajstić information content (AvgIpc) is 3.20. The minimum Gasteiger partial charge on any atom is -0.465 e. The summed E-state index contributed by atoms with van der Waals surface area (Å²) in [6, 6.07) is 0. The molecule has 8 heteroatoms. The molecule has 2 saturated heterocycles. The van der Waals surface area contributed by atoms with Crippen molar-refractivity contribution in [2.75, 3.05) is 6.61 Å². The van der Waals surface area contributed by atoms with Gasteiger partial charge in [-0.1, -0.05) is 13.5 Å². The second-order valence-corrected chi connectivity index (χ2v) is 8.57. The van der Waals surface area contributed by atoms with E-state index in [9.17, 15) is 19.2 Å². The highest BCUT2D eigenvalue weighted by Crippen LogP contribution is 2.51. The normalized spacial score (nSPS) is 38.9. The third-order valence-electron chi connectivity index (χ3n) is 6.14. The highest BCUT2D eigenvalue weighted by atomic mass is 16.7. The van der Waals surface area contributed by atoms with E-state index in [0.29, 0.717) is 12.8 Å². The van der Waals surface area contributed by atoms with Crippen LogP contribution in [-0.4, -0.2) is 54.2 Å². The second kappa shape index (κ2) is 7.89. The third kappa shape index (κ3) is 4.37. The van der Waals surface area contributed by atoms with E-state index in [1.165, 1.54) is 13.8 Å².